The molecule has 0 aromatic heterocycles. The fourth-order valence-electron chi connectivity index (χ4n) is 1.53. The standard InChI is InChI=1S/C16H14O2/c1-12-8-10-15(11-9-12)18-16(17)13(2)14-6-4-3-5-7-14/h3-11H,2H2,1H3. The van der Waals surface area contributed by atoms with E-state index in [-0.39, 0.29) is 0 Å². The van der Waals surface area contributed by atoms with Crippen LogP contribution < -0.4 is 4.74 Å². The van der Waals surface area contributed by atoms with Crippen LogP contribution in [0.3, 0.4) is 0 Å². The second kappa shape index (κ2) is 5.32. The van der Waals surface area contributed by atoms with E-state index in [0.29, 0.717) is 11.3 Å². The molecule has 0 spiro atoms. The van der Waals surface area contributed by atoms with Crippen molar-refractivity contribution in [3.63, 3.8) is 0 Å². The van der Waals surface area contributed by atoms with Crippen molar-refractivity contribution in [2.24, 2.45) is 0 Å². The van der Waals surface area contributed by atoms with Gasteiger partial charge in [-0.05, 0) is 24.6 Å². The zero-order valence-corrected chi connectivity index (χ0v) is 10.2. The van der Waals surface area contributed by atoms with Gasteiger partial charge in [0.05, 0.1) is 5.57 Å². The smallest absolute Gasteiger partial charge is 0.343 e. The molecule has 0 heterocycles. The number of ether oxygens (including phenoxy) is 1. The molecule has 2 heteroatoms. The van der Waals surface area contributed by atoms with Crippen LogP contribution in [0.25, 0.3) is 5.57 Å². The first kappa shape index (κ1) is 12.1. The summed E-state index contributed by atoms with van der Waals surface area (Å²) < 4.78 is 5.25. The van der Waals surface area contributed by atoms with Gasteiger partial charge in [-0.15, -0.1) is 0 Å². The summed E-state index contributed by atoms with van der Waals surface area (Å²) in [5, 5.41) is 0. The quantitative estimate of drug-likeness (QED) is 0.464. The average Bonchev–Trinajstić information content (AvgIpc) is 2.41. The Labute approximate surface area is 107 Å². The van der Waals surface area contributed by atoms with Crippen LogP contribution in [-0.4, -0.2) is 5.97 Å². The Balaban J connectivity index is 2.09. The molecule has 0 saturated heterocycles. The maximum atomic E-state index is 11.9. The molecule has 0 aliphatic carbocycles. The second-order valence-corrected chi connectivity index (χ2v) is 4.05. The van der Waals surface area contributed by atoms with Gasteiger partial charge in [0.25, 0.3) is 0 Å². The van der Waals surface area contributed by atoms with Crippen LogP contribution in [0.15, 0.2) is 61.2 Å². The van der Waals surface area contributed by atoms with Crippen LogP contribution in [-0.2, 0) is 4.79 Å². The maximum Gasteiger partial charge on any atom is 0.343 e. The molecule has 0 aliphatic rings. The highest BCUT2D eigenvalue weighted by Crippen LogP contribution is 2.17. The molecule has 0 aliphatic heterocycles. The Kier molecular flexibility index (Phi) is 3.58. The number of carbonyl (C=O) groups excluding carboxylic acids is 1. The van der Waals surface area contributed by atoms with Gasteiger partial charge in [-0.25, -0.2) is 4.79 Å². The monoisotopic (exact) mass is 238 g/mol. The molecule has 0 radical (unpaired) electrons. The van der Waals surface area contributed by atoms with Crippen molar-refractivity contribution in [3.8, 4) is 5.75 Å². The largest absolute Gasteiger partial charge is 0.423 e. The Bertz CT molecular complexity index is 553. The van der Waals surface area contributed by atoms with Crippen LogP contribution in [0.4, 0.5) is 0 Å². The topological polar surface area (TPSA) is 26.3 Å². The summed E-state index contributed by atoms with van der Waals surface area (Å²) in [6.45, 7) is 5.74. The van der Waals surface area contributed by atoms with E-state index in [4.69, 9.17) is 4.74 Å². The fraction of sp³-hybridized carbons (Fsp3) is 0.0625. The summed E-state index contributed by atoms with van der Waals surface area (Å²) in [5.41, 5.74) is 2.25. The lowest BCUT2D eigenvalue weighted by atomic mass is 10.1. The van der Waals surface area contributed by atoms with E-state index < -0.39 is 5.97 Å². The molecule has 0 saturated carbocycles. The fourth-order valence-corrected chi connectivity index (χ4v) is 1.53. The third kappa shape index (κ3) is 2.86. The summed E-state index contributed by atoms with van der Waals surface area (Å²) in [7, 11) is 0. The van der Waals surface area contributed by atoms with Crippen molar-refractivity contribution in [3.05, 3.63) is 72.3 Å². The van der Waals surface area contributed by atoms with Crippen molar-refractivity contribution >= 4 is 11.5 Å². The zero-order chi connectivity index (χ0) is 13.0. The summed E-state index contributed by atoms with van der Waals surface area (Å²) in [4.78, 5) is 11.9. The predicted molar refractivity (Wildman–Crippen MR) is 72.3 cm³/mol. The van der Waals surface area contributed by atoms with E-state index in [9.17, 15) is 4.79 Å². The van der Waals surface area contributed by atoms with Crippen molar-refractivity contribution < 1.29 is 9.53 Å². The van der Waals surface area contributed by atoms with Gasteiger partial charge in [0.15, 0.2) is 0 Å². The Morgan fingerprint density at radius 1 is 1.00 bits per heavy atom. The van der Waals surface area contributed by atoms with Crippen molar-refractivity contribution in [2.75, 3.05) is 0 Å². The molecule has 0 unspecified atom stereocenters. The third-order valence-electron chi connectivity index (χ3n) is 2.60. The Hall–Kier alpha value is -2.35. The molecule has 18 heavy (non-hydrogen) atoms. The van der Waals surface area contributed by atoms with E-state index in [1.165, 1.54) is 0 Å². The molecule has 0 N–H and O–H groups in total. The van der Waals surface area contributed by atoms with Gasteiger partial charge in [0.1, 0.15) is 5.75 Å². The predicted octanol–water partition coefficient (Wildman–Crippen LogP) is 3.61. The number of rotatable bonds is 3. The molecule has 2 rings (SSSR count). The molecule has 0 amide bonds. The van der Waals surface area contributed by atoms with E-state index in [0.717, 1.165) is 11.1 Å². The highest BCUT2D eigenvalue weighted by Gasteiger charge is 2.11. The molecule has 0 fully saturated rings. The summed E-state index contributed by atoms with van der Waals surface area (Å²) in [6.07, 6.45) is 0. The SMILES string of the molecule is C=C(C(=O)Oc1ccc(C)cc1)c1ccccc1. The Morgan fingerprint density at radius 2 is 1.61 bits per heavy atom. The zero-order valence-electron chi connectivity index (χ0n) is 10.2. The van der Waals surface area contributed by atoms with Gasteiger partial charge >= 0.3 is 5.97 Å². The van der Waals surface area contributed by atoms with Crippen LogP contribution in [0.2, 0.25) is 0 Å². The van der Waals surface area contributed by atoms with Gasteiger partial charge < -0.3 is 4.74 Å². The number of carbonyl (C=O) groups is 1. The molecular formula is C16H14O2. The lowest BCUT2D eigenvalue weighted by Crippen LogP contribution is -2.09. The molecule has 90 valence electrons. The highest BCUT2D eigenvalue weighted by molar-refractivity contribution is 6.16. The Morgan fingerprint density at radius 3 is 2.22 bits per heavy atom. The molecule has 2 nitrogen and oxygen atoms in total. The summed E-state index contributed by atoms with van der Waals surface area (Å²) in [6, 6.07) is 16.6. The van der Waals surface area contributed by atoms with E-state index in [1.54, 1.807) is 12.1 Å². The average molecular weight is 238 g/mol. The molecule has 2 aromatic carbocycles. The van der Waals surface area contributed by atoms with Crippen molar-refractivity contribution in [2.45, 2.75) is 6.92 Å². The number of esters is 1. The van der Waals surface area contributed by atoms with Crippen molar-refractivity contribution in [1.29, 1.82) is 0 Å². The molecule has 2 aromatic rings. The van der Waals surface area contributed by atoms with E-state index >= 15 is 0 Å². The first-order chi connectivity index (χ1) is 8.66. The third-order valence-corrected chi connectivity index (χ3v) is 2.60. The minimum Gasteiger partial charge on any atom is -0.423 e. The van der Waals surface area contributed by atoms with Crippen LogP contribution in [0.5, 0.6) is 5.75 Å². The number of hydrogen-bond donors (Lipinski definition) is 0. The second-order valence-electron chi connectivity index (χ2n) is 4.05. The number of hydrogen-bond acceptors (Lipinski definition) is 2. The summed E-state index contributed by atoms with van der Waals surface area (Å²) in [5.74, 6) is 0.104. The first-order valence-corrected chi connectivity index (χ1v) is 5.70. The highest BCUT2D eigenvalue weighted by atomic mass is 16.5. The first-order valence-electron chi connectivity index (χ1n) is 5.70. The van der Waals surface area contributed by atoms with Gasteiger partial charge in [-0.3, -0.25) is 0 Å². The number of aryl methyl sites for hydroxylation is 1. The van der Waals surface area contributed by atoms with Crippen LogP contribution >= 0.6 is 0 Å². The normalized spacial score (nSPS) is 9.83. The van der Waals surface area contributed by atoms with Gasteiger partial charge in [0.2, 0.25) is 0 Å². The maximum absolute atomic E-state index is 11.9. The minimum absolute atomic E-state index is 0.358. The van der Waals surface area contributed by atoms with Crippen LogP contribution in [0.1, 0.15) is 11.1 Å². The lowest BCUT2D eigenvalue weighted by molar-refractivity contribution is -0.127. The van der Waals surface area contributed by atoms with E-state index in [1.807, 2.05) is 49.4 Å². The van der Waals surface area contributed by atoms with Gasteiger partial charge in [0, 0.05) is 0 Å². The minimum atomic E-state index is -0.426. The molecular weight excluding hydrogens is 224 g/mol. The van der Waals surface area contributed by atoms with Gasteiger partial charge in [-0.2, -0.15) is 0 Å². The molecule has 0 bridgehead atoms. The summed E-state index contributed by atoms with van der Waals surface area (Å²) >= 11 is 0. The number of benzene rings is 2. The lowest BCUT2D eigenvalue weighted by Gasteiger charge is -2.07. The van der Waals surface area contributed by atoms with Gasteiger partial charge in [-0.1, -0.05) is 54.6 Å². The van der Waals surface area contributed by atoms with Crippen molar-refractivity contribution in [1.82, 2.24) is 0 Å². The van der Waals surface area contributed by atoms with Crippen LogP contribution in [0, 0.1) is 6.92 Å². The van der Waals surface area contributed by atoms with E-state index in [2.05, 4.69) is 6.58 Å². The molecule has 0 atom stereocenters.